The number of allylic oxidation sites excluding steroid dienone is 3. The molecule has 1 heterocycles. The molecule has 1 nitrogen and oxygen atoms in total. The highest BCUT2D eigenvalue weighted by molar-refractivity contribution is 5.79. The lowest BCUT2D eigenvalue weighted by atomic mass is 9.96. The fourth-order valence-corrected chi connectivity index (χ4v) is 1.97. The van der Waals surface area contributed by atoms with Gasteiger partial charge in [-0.25, -0.2) is 0 Å². The summed E-state index contributed by atoms with van der Waals surface area (Å²) in [6.45, 7) is 4.28. The molecule has 1 aromatic rings. The van der Waals surface area contributed by atoms with Crippen LogP contribution in [0.15, 0.2) is 42.2 Å². The van der Waals surface area contributed by atoms with Crippen molar-refractivity contribution >= 4 is 5.57 Å². The standard InChI is InChI=1S/C14H16N/c1-3-6-12-7-4-5-8-14(12)13-9-10-15-11(13)2/h4-5,7-10H,3,6H2,1-2H3. The fourth-order valence-electron chi connectivity index (χ4n) is 1.97. The second kappa shape index (κ2) is 4.35. The predicted molar refractivity (Wildman–Crippen MR) is 64.3 cm³/mol. The molecule has 77 valence electrons. The first-order valence-electron chi connectivity index (χ1n) is 5.49. The zero-order valence-electron chi connectivity index (χ0n) is 9.33. The van der Waals surface area contributed by atoms with Gasteiger partial charge in [-0.1, -0.05) is 37.6 Å². The fraction of sp³-hybridized carbons (Fsp3) is 0.286. The monoisotopic (exact) mass is 198 g/mol. The van der Waals surface area contributed by atoms with Crippen LogP contribution in [0, 0.1) is 0 Å². The van der Waals surface area contributed by atoms with E-state index >= 15 is 0 Å². The van der Waals surface area contributed by atoms with Crippen LogP contribution in [0.3, 0.4) is 0 Å². The van der Waals surface area contributed by atoms with Gasteiger partial charge in [0, 0.05) is 17.5 Å². The van der Waals surface area contributed by atoms with Crippen LogP contribution < -0.4 is 5.32 Å². The highest BCUT2D eigenvalue weighted by atomic mass is 14.9. The lowest BCUT2D eigenvalue weighted by Gasteiger charge is -2.09. The minimum absolute atomic E-state index is 1.12. The summed E-state index contributed by atoms with van der Waals surface area (Å²) in [7, 11) is 0. The third kappa shape index (κ3) is 1.96. The van der Waals surface area contributed by atoms with Gasteiger partial charge in [0.1, 0.15) is 0 Å². The van der Waals surface area contributed by atoms with Gasteiger partial charge in [-0.15, -0.1) is 0 Å². The van der Waals surface area contributed by atoms with E-state index in [1.54, 1.807) is 0 Å². The summed E-state index contributed by atoms with van der Waals surface area (Å²) in [6.07, 6.45) is 6.31. The van der Waals surface area contributed by atoms with E-state index in [0.29, 0.717) is 0 Å². The number of nitrogens with zero attached hydrogens (tertiary/aromatic N) is 1. The van der Waals surface area contributed by atoms with Crippen LogP contribution in [-0.4, -0.2) is 0 Å². The molecule has 1 aromatic carbocycles. The molecule has 15 heavy (non-hydrogen) atoms. The van der Waals surface area contributed by atoms with E-state index < -0.39 is 0 Å². The number of rotatable bonds is 3. The summed E-state index contributed by atoms with van der Waals surface area (Å²) >= 11 is 0. The van der Waals surface area contributed by atoms with E-state index in [-0.39, 0.29) is 0 Å². The molecule has 0 amide bonds. The van der Waals surface area contributed by atoms with E-state index in [1.165, 1.54) is 23.1 Å². The van der Waals surface area contributed by atoms with Crippen LogP contribution in [0.25, 0.3) is 5.57 Å². The van der Waals surface area contributed by atoms with Crippen molar-refractivity contribution in [2.24, 2.45) is 0 Å². The SMILES string of the molecule is CCCc1ccccc1C1=C(C)[N]C=C1. The largest absolute Gasteiger partial charge is 0.261 e. The Morgan fingerprint density at radius 2 is 2.00 bits per heavy atom. The van der Waals surface area contributed by atoms with Crippen LogP contribution in [0.2, 0.25) is 0 Å². The van der Waals surface area contributed by atoms with Crippen molar-refractivity contribution in [3.63, 3.8) is 0 Å². The van der Waals surface area contributed by atoms with Crippen LogP contribution in [0.1, 0.15) is 31.4 Å². The van der Waals surface area contributed by atoms with Crippen LogP contribution in [-0.2, 0) is 6.42 Å². The molecule has 1 radical (unpaired) electrons. The normalized spacial score (nSPS) is 14.5. The Hall–Kier alpha value is -1.50. The molecular formula is C14H16N. The van der Waals surface area contributed by atoms with E-state index in [9.17, 15) is 0 Å². The number of benzene rings is 1. The van der Waals surface area contributed by atoms with Crippen molar-refractivity contribution in [2.45, 2.75) is 26.7 Å². The lowest BCUT2D eigenvalue weighted by molar-refractivity contribution is 0.918. The average Bonchev–Trinajstić information content (AvgIpc) is 2.66. The lowest BCUT2D eigenvalue weighted by Crippen LogP contribution is -1.94. The molecule has 0 spiro atoms. The summed E-state index contributed by atoms with van der Waals surface area (Å²) in [4.78, 5) is 0. The van der Waals surface area contributed by atoms with Crippen molar-refractivity contribution in [2.75, 3.05) is 0 Å². The van der Waals surface area contributed by atoms with Crippen molar-refractivity contribution in [1.29, 1.82) is 0 Å². The molecule has 2 rings (SSSR count). The molecule has 0 saturated carbocycles. The minimum atomic E-state index is 1.12. The maximum atomic E-state index is 4.29. The summed E-state index contributed by atoms with van der Waals surface area (Å²) < 4.78 is 0. The van der Waals surface area contributed by atoms with Crippen molar-refractivity contribution < 1.29 is 0 Å². The Morgan fingerprint density at radius 3 is 2.67 bits per heavy atom. The molecule has 0 N–H and O–H groups in total. The molecule has 0 aliphatic carbocycles. The Balaban J connectivity index is 2.43. The highest BCUT2D eigenvalue weighted by Crippen LogP contribution is 2.26. The predicted octanol–water partition coefficient (Wildman–Crippen LogP) is 3.50. The Labute approximate surface area is 91.5 Å². The summed E-state index contributed by atoms with van der Waals surface area (Å²) in [5.74, 6) is 0. The van der Waals surface area contributed by atoms with E-state index in [0.717, 1.165) is 12.1 Å². The van der Waals surface area contributed by atoms with Gasteiger partial charge in [0.05, 0.1) is 0 Å². The number of hydrogen-bond donors (Lipinski definition) is 0. The van der Waals surface area contributed by atoms with Gasteiger partial charge in [0.25, 0.3) is 0 Å². The highest BCUT2D eigenvalue weighted by Gasteiger charge is 2.11. The Morgan fingerprint density at radius 1 is 1.20 bits per heavy atom. The van der Waals surface area contributed by atoms with Gasteiger partial charge in [-0.2, -0.15) is 0 Å². The molecule has 0 aromatic heterocycles. The number of hydrogen-bond acceptors (Lipinski definition) is 0. The first-order chi connectivity index (χ1) is 7.33. The Kier molecular flexibility index (Phi) is 2.91. The van der Waals surface area contributed by atoms with E-state index in [1.807, 2.05) is 6.20 Å². The van der Waals surface area contributed by atoms with E-state index in [2.05, 4.69) is 49.5 Å². The van der Waals surface area contributed by atoms with Gasteiger partial charge in [0.2, 0.25) is 0 Å². The van der Waals surface area contributed by atoms with Gasteiger partial charge in [0.15, 0.2) is 0 Å². The zero-order chi connectivity index (χ0) is 10.7. The number of aryl methyl sites for hydroxylation is 1. The van der Waals surface area contributed by atoms with Gasteiger partial charge < -0.3 is 0 Å². The Bertz CT molecular complexity index is 413. The van der Waals surface area contributed by atoms with Gasteiger partial charge in [-0.3, -0.25) is 5.32 Å². The molecular weight excluding hydrogens is 182 g/mol. The third-order valence-corrected chi connectivity index (χ3v) is 2.73. The smallest absolute Gasteiger partial charge is 0.0451 e. The van der Waals surface area contributed by atoms with Gasteiger partial charge in [-0.05, 0) is 30.5 Å². The molecule has 1 aliphatic heterocycles. The van der Waals surface area contributed by atoms with Crippen molar-refractivity contribution in [3.05, 3.63) is 53.4 Å². The molecule has 0 bridgehead atoms. The van der Waals surface area contributed by atoms with Crippen LogP contribution in [0.4, 0.5) is 0 Å². The second-order valence-electron chi connectivity index (χ2n) is 3.85. The van der Waals surface area contributed by atoms with Crippen LogP contribution >= 0.6 is 0 Å². The van der Waals surface area contributed by atoms with Crippen molar-refractivity contribution in [3.8, 4) is 0 Å². The second-order valence-corrected chi connectivity index (χ2v) is 3.85. The molecule has 0 atom stereocenters. The summed E-state index contributed by atoms with van der Waals surface area (Å²) in [5, 5.41) is 4.29. The van der Waals surface area contributed by atoms with Crippen molar-refractivity contribution in [1.82, 2.24) is 5.32 Å². The third-order valence-electron chi connectivity index (χ3n) is 2.73. The first-order valence-corrected chi connectivity index (χ1v) is 5.49. The average molecular weight is 198 g/mol. The molecule has 1 aliphatic rings. The molecule has 0 unspecified atom stereocenters. The molecule has 0 fully saturated rings. The first kappa shape index (κ1) is 10.0. The van der Waals surface area contributed by atoms with E-state index in [4.69, 9.17) is 0 Å². The topological polar surface area (TPSA) is 14.1 Å². The zero-order valence-corrected chi connectivity index (χ0v) is 9.33. The van der Waals surface area contributed by atoms with Gasteiger partial charge >= 0.3 is 0 Å². The molecule has 1 heteroatoms. The quantitative estimate of drug-likeness (QED) is 0.705. The summed E-state index contributed by atoms with van der Waals surface area (Å²) in [5.41, 5.74) is 5.17. The molecule has 0 saturated heterocycles. The maximum Gasteiger partial charge on any atom is 0.0451 e. The minimum Gasteiger partial charge on any atom is -0.261 e. The maximum absolute atomic E-state index is 4.29. The summed E-state index contributed by atoms with van der Waals surface area (Å²) in [6, 6.07) is 8.61. The van der Waals surface area contributed by atoms with Crippen LogP contribution in [0.5, 0.6) is 0 Å².